The SMILES string of the molecule is CCCCCNC(=O)C(c1cccc(C)c1C)N(CCCCC)C(=O)C(NC(=O)OC(C)(C)C)C(C)C. The third kappa shape index (κ3) is 10.7. The van der Waals surface area contributed by atoms with Crippen LogP contribution in [-0.4, -0.2) is 47.5 Å². The molecule has 0 aliphatic carbocycles. The predicted octanol–water partition coefficient (Wildman–Crippen LogP) is 6.22. The molecule has 0 radical (unpaired) electrons. The van der Waals surface area contributed by atoms with Gasteiger partial charge in [0.25, 0.3) is 0 Å². The molecule has 7 heteroatoms. The molecule has 210 valence electrons. The maximum absolute atomic E-state index is 14.1. The molecule has 0 bridgehead atoms. The summed E-state index contributed by atoms with van der Waals surface area (Å²) in [6, 6.07) is 4.27. The predicted molar refractivity (Wildman–Crippen MR) is 150 cm³/mol. The quantitative estimate of drug-likeness (QED) is 0.287. The van der Waals surface area contributed by atoms with Crippen LogP contribution in [0.15, 0.2) is 18.2 Å². The number of ether oxygens (including phenoxy) is 1. The van der Waals surface area contributed by atoms with Gasteiger partial charge in [-0.25, -0.2) is 4.79 Å². The fourth-order valence-electron chi connectivity index (χ4n) is 4.23. The van der Waals surface area contributed by atoms with Crippen molar-refractivity contribution < 1.29 is 19.1 Å². The molecule has 0 aliphatic rings. The van der Waals surface area contributed by atoms with Gasteiger partial charge >= 0.3 is 6.09 Å². The maximum atomic E-state index is 14.1. The Kier molecular flexibility index (Phi) is 13.7. The summed E-state index contributed by atoms with van der Waals surface area (Å²) in [6.45, 7) is 18.4. The van der Waals surface area contributed by atoms with Gasteiger partial charge in [-0.3, -0.25) is 9.59 Å². The molecule has 0 fully saturated rings. The molecule has 0 saturated carbocycles. The second kappa shape index (κ2) is 15.6. The number of hydrogen-bond donors (Lipinski definition) is 2. The zero-order valence-corrected chi connectivity index (χ0v) is 24.7. The van der Waals surface area contributed by atoms with Gasteiger partial charge < -0.3 is 20.3 Å². The highest BCUT2D eigenvalue weighted by Gasteiger charge is 2.37. The normalized spacial score (nSPS) is 13.1. The van der Waals surface area contributed by atoms with E-state index in [1.807, 2.05) is 45.9 Å². The van der Waals surface area contributed by atoms with Crippen LogP contribution in [0, 0.1) is 19.8 Å². The fourth-order valence-corrected chi connectivity index (χ4v) is 4.23. The summed E-state index contributed by atoms with van der Waals surface area (Å²) < 4.78 is 5.45. The lowest BCUT2D eigenvalue weighted by molar-refractivity contribution is -0.143. The second-order valence-corrected chi connectivity index (χ2v) is 11.3. The zero-order chi connectivity index (χ0) is 28.2. The largest absolute Gasteiger partial charge is 0.444 e. The molecule has 37 heavy (non-hydrogen) atoms. The molecule has 0 aliphatic heterocycles. The second-order valence-electron chi connectivity index (χ2n) is 11.3. The molecule has 0 spiro atoms. The molecular weight excluding hydrogens is 466 g/mol. The van der Waals surface area contributed by atoms with Crippen LogP contribution in [0.3, 0.4) is 0 Å². The molecule has 1 rings (SSSR count). The smallest absolute Gasteiger partial charge is 0.408 e. The Morgan fingerprint density at radius 3 is 2.16 bits per heavy atom. The summed E-state index contributed by atoms with van der Waals surface area (Å²) >= 11 is 0. The van der Waals surface area contributed by atoms with Crippen molar-refractivity contribution >= 4 is 17.9 Å². The highest BCUT2D eigenvalue weighted by atomic mass is 16.6. The highest BCUT2D eigenvalue weighted by Crippen LogP contribution is 2.28. The molecule has 2 atom stereocenters. The summed E-state index contributed by atoms with van der Waals surface area (Å²) in [5.74, 6) is -0.651. The van der Waals surface area contributed by atoms with Crippen LogP contribution in [-0.2, 0) is 14.3 Å². The number of nitrogens with zero attached hydrogens (tertiary/aromatic N) is 1. The molecule has 2 N–H and O–H groups in total. The molecule has 0 heterocycles. The van der Waals surface area contributed by atoms with Crippen molar-refractivity contribution in [1.82, 2.24) is 15.5 Å². The van der Waals surface area contributed by atoms with Gasteiger partial charge in [-0.1, -0.05) is 71.6 Å². The summed E-state index contributed by atoms with van der Waals surface area (Å²) in [6.07, 6.45) is 5.04. The van der Waals surface area contributed by atoms with Gasteiger partial charge in [-0.15, -0.1) is 0 Å². The van der Waals surface area contributed by atoms with Gasteiger partial charge in [-0.2, -0.15) is 0 Å². The van der Waals surface area contributed by atoms with Crippen molar-refractivity contribution in [3.8, 4) is 0 Å². The summed E-state index contributed by atoms with van der Waals surface area (Å²) in [5.41, 5.74) is 2.19. The number of alkyl carbamates (subject to hydrolysis) is 1. The lowest BCUT2D eigenvalue weighted by Gasteiger charge is -2.36. The van der Waals surface area contributed by atoms with E-state index < -0.39 is 23.8 Å². The first-order valence-electron chi connectivity index (χ1n) is 14.0. The molecule has 2 unspecified atom stereocenters. The zero-order valence-electron chi connectivity index (χ0n) is 24.7. The first-order chi connectivity index (χ1) is 17.3. The van der Waals surface area contributed by atoms with E-state index in [0.29, 0.717) is 13.1 Å². The van der Waals surface area contributed by atoms with Crippen molar-refractivity contribution in [2.75, 3.05) is 13.1 Å². The van der Waals surface area contributed by atoms with Gasteiger partial charge in [0.15, 0.2) is 0 Å². The van der Waals surface area contributed by atoms with Crippen molar-refractivity contribution in [2.45, 2.75) is 119 Å². The Bertz CT molecular complexity index is 876. The number of aryl methyl sites for hydroxylation is 1. The first-order valence-corrected chi connectivity index (χ1v) is 14.0. The third-order valence-electron chi connectivity index (χ3n) is 6.47. The average molecular weight is 518 g/mol. The summed E-state index contributed by atoms with van der Waals surface area (Å²) in [4.78, 5) is 42.2. The fraction of sp³-hybridized carbons (Fsp3) is 0.700. The van der Waals surface area contributed by atoms with Gasteiger partial charge in [0.1, 0.15) is 17.7 Å². The maximum Gasteiger partial charge on any atom is 0.408 e. The van der Waals surface area contributed by atoms with E-state index in [4.69, 9.17) is 4.74 Å². The Labute approximate surface area is 225 Å². The first kappa shape index (κ1) is 32.5. The lowest BCUT2D eigenvalue weighted by Crippen LogP contribution is -2.55. The Balaban J connectivity index is 3.48. The van der Waals surface area contributed by atoms with Crippen molar-refractivity contribution in [1.29, 1.82) is 0 Å². The number of nitrogens with one attached hydrogen (secondary N) is 2. The monoisotopic (exact) mass is 517 g/mol. The summed E-state index contributed by atoms with van der Waals surface area (Å²) in [7, 11) is 0. The standard InChI is InChI=1S/C30H51N3O4/c1-10-12-14-19-31-27(34)26(24-18-16-17-22(5)23(24)6)33(20-15-13-11-2)28(35)25(21(3)4)32-29(36)37-30(7,8)9/h16-18,21,25-26H,10-15,19-20H2,1-9H3,(H,31,34)(H,32,36). The minimum atomic E-state index is -0.822. The van der Waals surface area contributed by atoms with Crippen LogP contribution >= 0.6 is 0 Å². The Morgan fingerprint density at radius 1 is 0.973 bits per heavy atom. The van der Waals surface area contributed by atoms with E-state index in [1.54, 1.807) is 25.7 Å². The topological polar surface area (TPSA) is 87.7 Å². The molecule has 1 aromatic rings. The highest BCUT2D eigenvalue weighted by molar-refractivity contribution is 5.92. The Hall–Kier alpha value is -2.57. The van der Waals surface area contributed by atoms with E-state index in [9.17, 15) is 14.4 Å². The van der Waals surface area contributed by atoms with Crippen LogP contribution in [0.25, 0.3) is 0 Å². The van der Waals surface area contributed by atoms with E-state index in [-0.39, 0.29) is 17.7 Å². The minimum absolute atomic E-state index is 0.186. The van der Waals surface area contributed by atoms with E-state index in [2.05, 4.69) is 24.5 Å². The Morgan fingerprint density at radius 2 is 1.59 bits per heavy atom. The van der Waals surface area contributed by atoms with E-state index >= 15 is 0 Å². The van der Waals surface area contributed by atoms with Crippen molar-refractivity contribution in [3.05, 3.63) is 34.9 Å². The molecule has 1 aromatic carbocycles. The molecule has 3 amide bonds. The van der Waals surface area contributed by atoms with Gasteiger partial charge in [0.05, 0.1) is 0 Å². The third-order valence-corrected chi connectivity index (χ3v) is 6.47. The van der Waals surface area contributed by atoms with Crippen LogP contribution in [0.2, 0.25) is 0 Å². The number of carbonyl (C=O) groups is 3. The van der Waals surface area contributed by atoms with Crippen LogP contribution in [0.1, 0.15) is 110 Å². The molecule has 0 aromatic heterocycles. The van der Waals surface area contributed by atoms with E-state index in [1.165, 1.54) is 0 Å². The van der Waals surface area contributed by atoms with Crippen molar-refractivity contribution in [3.63, 3.8) is 0 Å². The number of benzene rings is 1. The van der Waals surface area contributed by atoms with Crippen LogP contribution < -0.4 is 10.6 Å². The number of unbranched alkanes of at least 4 members (excludes halogenated alkanes) is 4. The molecule has 7 nitrogen and oxygen atoms in total. The van der Waals surface area contributed by atoms with Gasteiger partial charge in [-0.05, 0) is 70.1 Å². The number of hydrogen-bond acceptors (Lipinski definition) is 4. The van der Waals surface area contributed by atoms with Gasteiger partial charge in [0, 0.05) is 13.1 Å². The molecule has 0 saturated heterocycles. The van der Waals surface area contributed by atoms with Crippen LogP contribution in [0.5, 0.6) is 0 Å². The average Bonchev–Trinajstić information content (AvgIpc) is 2.80. The number of carbonyl (C=O) groups excluding carboxylic acids is 3. The van der Waals surface area contributed by atoms with Crippen LogP contribution in [0.4, 0.5) is 4.79 Å². The van der Waals surface area contributed by atoms with E-state index in [0.717, 1.165) is 55.2 Å². The van der Waals surface area contributed by atoms with Gasteiger partial charge in [0.2, 0.25) is 11.8 Å². The lowest BCUT2D eigenvalue weighted by atomic mass is 9.93. The van der Waals surface area contributed by atoms with Crippen molar-refractivity contribution in [2.24, 2.45) is 5.92 Å². The number of rotatable bonds is 14. The summed E-state index contributed by atoms with van der Waals surface area (Å²) in [5, 5.41) is 5.87. The molecular formula is C30H51N3O4. The minimum Gasteiger partial charge on any atom is -0.444 e. The number of amides is 3.